The van der Waals surface area contributed by atoms with E-state index in [1.165, 1.54) is 231 Å². The molecule has 0 spiro atoms. The highest BCUT2D eigenvalue weighted by Gasteiger charge is 2.19. The number of hydrogen-bond acceptors (Lipinski definition) is 6. The van der Waals surface area contributed by atoms with Crippen molar-refractivity contribution in [3.8, 4) is 0 Å². The summed E-state index contributed by atoms with van der Waals surface area (Å²) in [4.78, 5) is 38.4. The third-order valence-corrected chi connectivity index (χ3v) is 15.9. The molecule has 0 rings (SSSR count). The first-order valence-electron chi connectivity index (χ1n) is 36.1. The molecule has 0 aliphatic rings. The molecular weight excluding hydrogens is 1020 g/mol. The lowest BCUT2D eigenvalue weighted by molar-refractivity contribution is -0.167. The molecule has 0 aromatic rings. The highest BCUT2D eigenvalue weighted by atomic mass is 16.6. The van der Waals surface area contributed by atoms with Crippen LogP contribution in [-0.4, -0.2) is 37.2 Å². The van der Waals surface area contributed by atoms with Crippen LogP contribution < -0.4 is 0 Å². The molecule has 0 N–H and O–H groups in total. The first-order valence-corrected chi connectivity index (χ1v) is 36.1. The summed E-state index contributed by atoms with van der Waals surface area (Å²) in [5.74, 6) is -0.852. The Morgan fingerprint density at radius 1 is 0.253 bits per heavy atom. The molecule has 0 radical (unpaired) electrons. The molecule has 0 fully saturated rings. The third-order valence-electron chi connectivity index (χ3n) is 15.9. The number of hydrogen-bond donors (Lipinski definition) is 0. The van der Waals surface area contributed by atoms with Crippen molar-refractivity contribution in [2.75, 3.05) is 13.2 Å². The molecule has 0 aliphatic heterocycles. The fourth-order valence-electron chi connectivity index (χ4n) is 10.5. The van der Waals surface area contributed by atoms with Gasteiger partial charge < -0.3 is 14.2 Å². The van der Waals surface area contributed by atoms with Gasteiger partial charge in [0.1, 0.15) is 13.2 Å². The van der Waals surface area contributed by atoms with Gasteiger partial charge in [-0.3, -0.25) is 14.4 Å². The molecule has 480 valence electrons. The fraction of sp³-hybridized carbons (Fsp3) is 0.779. The van der Waals surface area contributed by atoms with E-state index >= 15 is 0 Å². The van der Waals surface area contributed by atoms with Crippen molar-refractivity contribution in [2.45, 2.75) is 374 Å². The van der Waals surface area contributed by atoms with Gasteiger partial charge in [-0.05, 0) is 96.3 Å². The van der Waals surface area contributed by atoms with Crippen LogP contribution in [0.3, 0.4) is 0 Å². The van der Waals surface area contributed by atoms with Gasteiger partial charge in [0.15, 0.2) is 6.10 Å². The van der Waals surface area contributed by atoms with Gasteiger partial charge >= 0.3 is 17.9 Å². The summed E-state index contributed by atoms with van der Waals surface area (Å²) in [6.45, 7) is 6.57. The Labute approximate surface area is 515 Å². The maximum absolute atomic E-state index is 12.9. The summed E-state index contributed by atoms with van der Waals surface area (Å²) < 4.78 is 17.0. The Hall–Kier alpha value is -3.41. The highest BCUT2D eigenvalue weighted by Crippen LogP contribution is 2.18. The second-order valence-electron chi connectivity index (χ2n) is 24.1. The van der Waals surface area contributed by atoms with Gasteiger partial charge in [-0.2, -0.15) is 0 Å². The van der Waals surface area contributed by atoms with E-state index in [0.717, 1.165) is 96.3 Å². The summed E-state index contributed by atoms with van der Waals surface area (Å²) in [7, 11) is 0. The summed E-state index contributed by atoms with van der Waals surface area (Å²) in [6.07, 6.45) is 94.7. The zero-order chi connectivity index (χ0) is 59.9. The smallest absolute Gasteiger partial charge is 0.306 e. The van der Waals surface area contributed by atoms with Crippen LogP contribution in [0.1, 0.15) is 367 Å². The molecule has 1 atom stereocenters. The Balaban J connectivity index is 4.20. The minimum Gasteiger partial charge on any atom is -0.462 e. The van der Waals surface area contributed by atoms with Crippen LogP contribution in [0.15, 0.2) is 85.1 Å². The van der Waals surface area contributed by atoms with Crippen molar-refractivity contribution >= 4 is 17.9 Å². The maximum atomic E-state index is 12.9. The summed E-state index contributed by atoms with van der Waals surface area (Å²) in [5, 5.41) is 0. The van der Waals surface area contributed by atoms with Crippen molar-refractivity contribution in [2.24, 2.45) is 0 Å². The number of ether oxygens (including phenoxy) is 3. The van der Waals surface area contributed by atoms with Crippen LogP contribution in [0.4, 0.5) is 0 Å². The summed E-state index contributed by atoms with van der Waals surface area (Å²) in [5.41, 5.74) is 0. The van der Waals surface area contributed by atoms with Gasteiger partial charge in [-0.15, -0.1) is 0 Å². The lowest BCUT2D eigenvalue weighted by Crippen LogP contribution is -2.30. The average molecular weight is 1160 g/mol. The molecule has 0 aromatic heterocycles. The molecule has 0 saturated heterocycles. The van der Waals surface area contributed by atoms with Gasteiger partial charge in [-0.1, -0.05) is 337 Å². The lowest BCUT2D eigenvalue weighted by Gasteiger charge is -2.18. The number of allylic oxidation sites excluding steroid dienone is 14. The van der Waals surface area contributed by atoms with E-state index in [-0.39, 0.29) is 31.1 Å². The maximum Gasteiger partial charge on any atom is 0.306 e. The zero-order valence-electron chi connectivity index (χ0n) is 55.2. The summed E-state index contributed by atoms with van der Waals surface area (Å²) in [6, 6.07) is 0. The Bertz CT molecular complexity index is 1570. The minimum absolute atomic E-state index is 0.0713. The Morgan fingerprint density at radius 3 is 0.747 bits per heavy atom. The number of carbonyl (C=O) groups is 3. The molecule has 6 nitrogen and oxygen atoms in total. The first-order chi connectivity index (χ1) is 41.0. The zero-order valence-corrected chi connectivity index (χ0v) is 55.2. The molecular formula is C77H136O6. The molecule has 0 amide bonds. The molecule has 0 aliphatic carbocycles. The molecule has 1 unspecified atom stereocenters. The Morgan fingerprint density at radius 2 is 0.470 bits per heavy atom. The topological polar surface area (TPSA) is 78.9 Å². The molecule has 0 bridgehead atoms. The largest absolute Gasteiger partial charge is 0.462 e. The lowest BCUT2D eigenvalue weighted by atomic mass is 10.0. The van der Waals surface area contributed by atoms with E-state index in [1.54, 1.807) is 0 Å². The van der Waals surface area contributed by atoms with Crippen molar-refractivity contribution in [3.63, 3.8) is 0 Å². The van der Waals surface area contributed by atoms with Crippen LogP contribution in [0.25, 0.3) is 0 Å². The third kappa shape index (κ3) is 69.3. The molecule has 0 aromatic carbocycles. The first kappa shape index (κ1) is 79.6. The van der Waals surface area contributed by atoms with Crippen molar-refractivity contribution < 1.29 is 28.6 Å². The number of carbonyl (C=O) groups excluding carboxylic acids is 3. The SMILES string of the molecule is CC/C=C\C/C=C\C/C=C\C/C=C\C/C=C\C/C=C\CCCCCCCCCCCCCCCCC(=O)OCC(COC(=O)CCCCCCCCCCCCCCC)OC(=O)CCCCCCCCCCC/C=C\CCCCCCCC. The quantitative estimate of drug-likeness (QED) is 0.0261. The Kier molecular flexibility index (Phi) is 68.2. The monoisotopic (exact) mass is 1160 g/mol. The summed E-state index contributed by atoms with van der Waals surface area (Å²) >= 11 is 0. The molecule has 0 saturated carbocycles. The van der Waals surface area contributed by atoms with E-state index in [4.69, 9.17) is 14.2 Å². The van der Waals surface area contributed by atoms with Gasteiger partial charge in [0.25, 0.3) is 0 Å². The van der Waals surface area contributed by atoms with E-state index in [2.05, 4.69) is 106 Å². The predicted octanol–water partition coefficient (Wildman–Crippen LogP) is 25.0. The minimum atomic E-state index is -0.775. The average Bonchev–Trinajstić information content (AvgIpc) is 3.49. The van der Waals surface area contributed by atoms with Crippen LogP contribution in [-0.2, 0) is 28.6 Å². The van der Waals surface area contributed by atoms with Gasteiger partial charge in [-0.25, -0.2) is 0 Å². The highest BCUT2D eigenvalue weighted by molar-refractivity contribution is 5.71. The number of rotatable bonds is 66. The normalized spacial score (nSPS) is 12.6. The number of esters is 3. The van der Waals surface area contributed by atoms with Gasteiger partial charge in [0, 0.05) is 19.3 Å². The fourth-order valence-corrected chi connectivity index (χ4v) is 10.5. The van der Waals surface area contributed by atoms with Crippen LogP contribution in [0.5, 0.6) is 0 Å². The molecule has 6 heteroatoms. The van der Waals surface area contributed by atoms with Crippen LogP contribution in [0, 0.1) is 0 Å². The number of unbranched alkanes of at least 4 members (excludes halogenated alkanes) is 41. The molecule has 83 heavy (non-hydrogen) atoms. The van der Waals surface area contributed by atoms with E-state index < -0.39 is 6.10 Å². The molecule has 0 heterocycles. The van der Waals surface area contributed by atoms with E-state index in [1.807, 2.05) is 0 Å². The van der Waals surface area contributed by atoms with Gasteiger partial charge in [0.2, 0.25) is 0 Å². The van der Waals surface area contributed by atoms with Gasteiger partial charge in [0.05, 0.1) is 0 Å². The van der Waals surface area contributed by atoms with E-state index in [9.17, 15) is 14.4 Å². The standard InChI is InChI=1S/C77H136O6/c1-4-7-10-13-16-19-22-25-27-29-31-32-33-34-35-36-37-38-39-40-41-42-43-44-46-47-49-52-55-58-61-64-67-70-76(79)82-73-74(72-81-75(78)69-66-63-60-57-54-51-24-21-18-15-12-9-6-3)83-77(80)71-68-65-62-59-56-53-50-48-45-30-28-26-23-20-17-14-11-8-5-2/h7,10,16,19,25-28,31-32,34-35,37-38,74H,4-6,8-9,11-15,17-18,20-24,29-30,33,36,39-73H2,1-3H3/b10-7-,19-16-,27-25-,28-26-,32-31-,35-34-,38-37-. The van der Waals surface area contributed by atoms with Crippen molar-refractivity contribution in [3.05, 3.63) is 85.1 Å². The second-order valence-corrected chi connectivity index (χ2v) is 24.1. The van der Waals surface area contributed by atoms with Crippen molar-refractivity contribution in [1.82, 2.24) is 0 Å². The van der Waals surface area contributed by atoms with E-state index in [0.29, 0.717) is 19.3 Å². The second kappa shape index (κ2) is 71.1. The van der Waals surface area contributed by atoms with Crippen molar-refractivity contribution in [1.29, 1.82) is 0 Å². The predicted molar refractivity (Wildman–Crippen MR) is 362 cm³/mol. The van der Waals surface area contributed by atoms with Crippen LogP contribution in [0.2, 0.25) is 0 Å². The van der Waals surface area contributed by atoms with Crippen LogP contribution >= 0.6 is 0 Å².